The first-order valence-corrected chi connectivity index (χ1v) is 8.65. The quantitative estimate of drug-likeness (QED) is 0.729. The van der Waals surface area contributed by atoms with Crippen molar-refractivity contribution in [3.8, 4) is 0 Å². The molecule has 27 heavy (non-hydrogen) atoms. The van der Waals surface area contributed by atoms with E-state index in [1.54, 1.807) is 44.3 Å². The van der Waals surface area contributed by atoms with Crippen LogP contribution in [0.4, 0.5) is 11.5 Å². The van der Waals surface area contributed by atoms with Gasteiger partial charge in [-0.25, -0.2) is 4.98 Å². The maximum absolute atomic E-state index is 12.4. The van der Waals surface area contributed by atoms with Crippen molar-refractivity contribution in [2.75, 3.05) is 10.6 Å². The number of anilines is 2. The van der Waals surface area contributed by atoms with Gasteiger partial charge in [-0.15, -0.1) is 0 Å². The number of hydrogen-bond donors (Lipinski definition) is 3. The number of hydrogen-bond acceptors (Lipinski definition) is 4. The molecule has 7 nitrogen and oxygen atoms in total. The van der Waals surface area contributed by atoms with Gasteiger partial charge in [0.2, 0.25) is 5.91 Å². The second-order valence-corrected chi connectivity index (χ2v) is 7.38. The standard InChI is InChI=1S/C19H18ClN3O4/c1-19(2)14(15(19)18(26)27)17(25)22-10-6-7-12(20)11(9-10)16(24)23-13-5-3-4-8-21-13/h3-9,14-15H,1-2H3,(H,22,25)(H,26,27)(H,21,23,24)/t14-,15-/m0/s1. The lowest BCUT2D eigenvalue weighted by atomic mass is 10.1. The van der Waals surface area contributed by atoms with Gasteiger partial charge in [0.15, 0.2) is 0 Å². The molecule has 8 heteroatoms. The number of nitrogens with one attached hydrogen (secondary N) is 2. The summed E-state index contributed by atoms with van der Waals surface area (Å²) in [6.07, 6.45) is 1.55. The molecule has 0 aliphatic heterocycles. The van der Waals surface area contributed by atoms with Gasteiger partial charge in [-0.05, 0) is 35.7 Å². The van der Waals surface area contributed by atoms with Crippen LogP contribution in [0.25, 0.3) is 0 Å². The van der Waals surface area contributed by atoms with Crippen molar-refractivity contribution >= 4 is 40.9 Å². The number of carbonyl (C=O) groups is 3. The maximum Gasteiger partial charge on any atom is 0.307 e. The summed E-state index contributed by atoms with van der Waals surface area (Å²) in [6, 6.07) is 9.60. The Morgan fingerprint density at radius 2 is 1.85 bits per heavy atom. The molecule has 0 bridgehead atoms. The number of amides is 2. The average molecular weight is 388 g/mol. The van der Waals surface area contributed by atoms with Crippen molar-refractivity contribution in [2.45, 2.75) is 13.8 Å². The smallest absolute Gasteiger partial charge is 0.307 e. The molecule has 3 rings (SSSR count). The fourth-order valence-electron chi connectivity index (χ4n) is 3.21. The van der Waals surface area contributed by atoms with Crippen LogP contribution in [-0.4, -0.2) is 27.9 Å². The van der Waals surface area contributed by atoms with E-state index >= 15 is 0 Å². The van der Waals surface area contributed by atoms with Gasteiger partial charge in [0.25, 0.3) is 5.91 Å². The van der Waals surface area contributed by atoms with E-state index < -0.39 is 35.0 Å². The van der Waals surface area contributed by atoms with Crippen LogP contribution in [-0.2, 0) is 9.59 Å². The SMILES string of the molecule is CC1(C)[C@H](C(=O)O)[C@H]1C(=O)Nc1ccc(Cl)c(C(=O)Nc2ccccn2)c1. The summed E-state index contributed by atoms with van der Waals surface area (Å²) in [5.74, 6) is -2.84. The minimum atomic E-state index is -0.994. The van der Waals surface area contributed by atoms with Crippen molar-refractivity contribution < 1.29 is 19.5 Å². The third-order valence-electron chi connectivity index (χ3n) is 4.76. The van der Waals surface area contributed by atoms with Crippen LogP contribution in [0.15, 0.2) is 42.6 Å². The summed E-state index contributed by atoms with van der Waals surface area (Å²) in [5.41, 5.74) is -0.0750. The van der Waals surface area contributed by atoms with Gasteiger partial charge in [0.05, 0.1) is 22.4 Å². The lowest BCUT2D eigenvalue weighted by Gasteiger charge is -2.10. The van der Waals surface area contributed by atoms with Crippen LogP contribution >= 0.6 is 11.6 Å². The first kappa shape index (κ1) is 18.8. The minimum absolute atomic E-state index is 0.171. The Morgan fingerprint density at radius 3 is 2.44 bits per heavy atom. The second kappa shape index (κ2) is 7.00. The molecular formula is C19H18ClN3O4. The summed E-state index contributed by atoms with van der Waals surface area (Å²) in [6.45, 7) is 3.48. The monoisotopic (exact) mass is 387 g/mol. The van der Waals surface area contributed by atoms with Gasteiger partial charge >= 0.3 is 5.97 Å². The number of halogens is 1. The van der Waals surface area contributed by atoms with E-state index in [1.165, 1.54) is 12.1 Å². The lowest BCUT2D eigenvalue weighted by molar-refractivity contribution is -0.140. The Bertz CT molecular complexity index is 914. The van der Waals surface area contributed by atoms with Crippen molar-refractivity contribution in [1.29, 1.82) is 0 Å². The van der Waals surface area contributed by atoms with Gasteiger partial charge in [-0.2, -0.15) is 0 Å². The van der Waals surface area contributed by atoms with E-state index in [2.05, 4.69) is 15.6 Å². The summed E-state index contributed by atoms with van der Waals surface area (Å²) in [4.78, 5) is 40.1. The summed E-state index contributed by atoms with van der Waals surface area (Å²) in [7, 11) is 0. The molecule has 1 aliphatic carbocycles. The van der Waals surface area contributed by atoms with Crippen molar-refractivity contribution in [3.05, 3.63) is 53.2 Å². The van der Waals surface area contributed by atoms with Gasteiger partial charge in [-0.3, -0.25) is 14.4 Å². The van der Waals surface area contributed by atoms with E-state index in [-0.39, 0.29) is 10.6 Å². The van der Waals surface area contributed by atoms with Gasteiger partial charge < -0.3 is 15.7 Å². The van der Waals surface area contributed by atoms with Gasteiger partial charge in [0, 0.05) is 11.9 Å². The molecule has 2 amide bonds. The molecule has 0 unspecified atom stereocenters. The number of benzene rings is 1. The van der Waals surface area contributed by atoms with Crippen LogP contribution in [0.2, 0.25) is 5.02 Å². The predicted molar refractivity (Wildman–Crippen MR) is 101 cm³/mol. The zero-order chi connectivity index (χ0) is 19.8. The highest BCUT2D eigenvalue weighted by Gasteiger charge is 2.65. The van der Waals surface area contributed by atoms with E-state index in [1.807, 2.05) is 0 Å². The van der Waals surface area contributed by atoms with Crippen molar-refractivity contribution in [2.24, 2.45) is 17.3 Å². The van der Waals surface area contributed by atoms with Crippen LogP contribution in [0.5, 0.6) is 0 Å². The number of rotatable bonds is 5. The molecule has 1 aromatic heterocycles. The summed E-state index contributed by atoms with van der Waals surface area (Å²) in [5, 5.41) is 14.7. The lowest BCUT2D eigenvalue weighted by Crippen LogP contribution is -2.19. The number of aromatic nitrogens is 1. The van der Waals surface area contributed by atoms with E-state index in [9.17, 15) is 19.5 Å². The number of carboxylic acid groups (broad SMARTS) is 1. The fraction of sp³-hybridized carbons (Fsp3) is 0.263. The molecule has 140 valence electrons. The maximum atomic E-state index is 12.4. The van der Waals surface area contributed by atoms with E-state index in [0.717, 1.165) is 0 Å². The highest BCUT2D eigenvalue weighted by molar-refractivity contribution is 6.34. The number of carboxylic acids is 1. The normalized spacial score (nSPS) is 19.8. The molecule has 0 saturated heterocycles. The summed E-state index contributed by atoms with van der Waals surface area (Å²) < 4.78 is 0. The van der Waals surface area contributed by atoms with Crippen LogP contribution < -0.4 is 10.6 Å². The largest absolute Gasteiger partial charge is 0.481 e. The Balaban J connectivity index is 1.75. The van der Waals surface area contributed by atoms with Crippen molar-refractivity contribution in [3.63, 3.8) is 0 Å². The minimum Gasteiger partial charge on any atom is -0.481 e. The molecule has 0 radical (unpaired) electrons. The highest BCUT2D eigenvalue weighted by Crippen LogP contribution is 2.58. The molecule has 2 atom stereocenters. The molecule has 1 aromatic carbocycles. The van der Waals surface area contributed by atoms with Crippen LogP contribution in [0, 0.1) is 17.3 Å². The molecular weight excluding hydrogens is 370 g/mol. The van der Waals surface area contributed by atoms with E-state index in [0.29, 0.717) is 11.5 Å². The Morgan fingerprint density at radius 1 is 1.11 bits per heavy atom. The summed E-state index contributed by atoms with van der Waals surface area (Å²) >= 11 is 6.11. The van der Waals surface area contributed by atoms with Crippen LogP contribution in [0.3, 0.4) is 0 Å². The molecule has 2 aromatic rings. The highest BCUT2D eigenvalue weighted by atomic mass is 35.5. The molecule has 3 N–H and O–H groups in total. The third kappa shape index (κ3) is 3.78. The van der Waals surface area contributed by atoms with E-state index in [4.69, 9.17) is 11.6 Å². The second-order valence-electron chi connectivity index (χ2n) is 6.97. The number of pyridine rings is 1. The molecule has 1 aliphatic rings. The molecule has 1 fully saturated rings. The number of carbonyl (C=O) groups excluding carboxylic acids is 2. The Kier molecular flexibility index (Phi) is 4.89. The fourth-order valence-corrected chi connectivity index (χ4v) is 3.41. The molecule has 0 spiro atoms. The zero-order valence-electron chi connectivity index (χ0n) is 14.7. The van der Waals surface area contributed by atoms with Gasteiger partial charge in [0.1, 0.15) is 5.82 Å². The number of nitrogens with zero attached hydrogens (tertiary/aromatic N) is 1. The third-order valence-corrected chi connectivity index (χ3v) is 5.09. The first-order chi connectivity index (χ1) is 12.7. The predicted octanol–water partition coefficient (Wildman–Crippen LogP) is 3.28. The topological polar surface area (TPSA) is 108 Å². The average Bonchev–Trinajstić information content (AvgIpc) is 3.20. The Labute approximate surface area is 160 Å². The molecule has 1 saturated carbocycles. The zero-order valence-corrected chi connectivity index (χ0v) is 15.4. The molecule has 1 heterocycles. The number of aliphatic carboxylic acids is 1. The van der Waals surface area contributed by atoms with Crippen LogP contribution in [0.1, 0.15) is 24.2 Å². The van der Waals surface area contributed by atoms with Gasteiger partial charge in [-0.1, -0.05) is 31.5 Å². The Hall–Kier alpha value is -2.93. The van der Waals surface area contributed by atoms with Crippen molar-refractivity contribution in [1.82, 2.24) is 4.98 Å². The first-order valence-electron chi connectivity index (χ1n) is 8.27.